The molecule has 1 rings (SSSR count). The minimum absolute atomic E-state index is 0.0829. The molecule has 0 radical (unpaired) electrons. The molecule has 0 aliphatic carbocycles. The zero-order chi connectivity index (χ0) is 16.9. The lowest BCUT2D eigenvalue weighted by Crippen LogP contribution is -2.43. The Balaban J connectivity index is 2.67. The van der Waals surface area contributed by atoms with Crippen LogP contribution in [0.15, 0.2) is 24.0 Å². The predicted octanol–water partition coefficient (Wildman–Crippen LogP) is 1.96. The molecule has 0 fully saturated rings. The van der Waals surface area contributed by atoms with Gasteiger partial charge in [-0.15, -0.1) is 0 Å². The van der Waals surface area contributed by atoms with Crippen molar-refractivity contribution in [1.82, 2.24) is 15.1 Å². The monoisotopic (exact) mass is 325 g/mol. The van der Waals surface area contributed by atoms with Crippen LogP contribution >= 0.6 is 0 Å². The van der Waals surface area contributed by atoms with Crippen molar-refractivity contribution in [2.45, 2.75) is 57.6 Å². The van der Waals surface area contributed by atoms with Crippen LogP contribution < -0.4 is 5.32 Å². The Morgan fingerprint density at radius 3 is 2.50 bits per heavy atom. The minimum Gasteiger partial charge on any atom is -0.349 e. The highest BCUT2D eigenvalue weighted by Crippen LogP contribution is 2.11. The largest absolute Gasteiger partial charge is 0.349 e. The summed E-state index contributed by atoms with van der Waals surface area (Å²) >= 11 is 0. The molecule has 124 valence electrons. The molecule has 3 unspecified atom stereocenters. The number of nitrogens with one attached hydrogen (secondary N) is 1. The fourth-order valence-electron chi connectivity index (χ4n) is 2.14. The van der Waals surface area contributed by atoms with Crippen molar-refractivity contribution in [2.75, 3.05) is 0 Å². The second-order valence-corrected chi connectivity index (χ2v) is 8.20. The molecule has 1 amide bonds. The van der Waals surface area contributed by atoms with E-state index >= 15 is 0 Å². The van der Waals surface area contributed by atoms with Crippen molar-refractivity contribution in [2.24, 2.45) is 7.05 Å². The average Bonchev–Trinajstić information content (AvgIpc) is 2.87. The first-order chi connectivity index (χ1) is 10.3. The number of rotatable bonds is 7. The normalized spacial score (nSPS) is 16.4. The van der Waals surface area contributed by atoms with E-state index < -0.39 is 10.8 Å². The Labute approximate surface area is 135 Å². The maximum absolute atomic E-state index is 12.4. The summed E-state index contributed by atoms with van der Waals surface area (Å²) in [5.74, 6) is -0.105. The molecular weight excluding hydrogens is 298 g/mol. The van der Waals surface area contributed by atoms with E-state index in [0.29, 0.717) is 12.0 Å². The van der Waals surface area contributed by atoms with Gasteiger partial charge in [0, 0.05) is 47.3 Å². The van der Waals surface area contributed by atoms with Crippen molar-refractivity contribution in [1.29, 1.82) is 0 Å². The standard InChI is InChI=1S/C16H27N3O2S/c1-7-15(8-14-9-17-19(6)10-14)16(20)18-12(4)13(5)22(21)11(2)3/h7,9-13H,8H2,1-6H3,(H,18,20)/b15-7-. The van der Waals surface area contributed by atoms with E-state index in [4.69, 9.17) is 0 Å². The Kier molecular flexibility index (Phi) is 7.00. The molecule has 1 heterocycles. The van der Waals surface area contributed by atoms with E-state index in [1.165, 1.54) is 0 Å². The average molecular weight is 325 g/mol. The van der Waals surface area contributed by atoms with Gasteiger partial charge in [-0.3, -0.25) is 13.7 Å². The van der Waals surface area contributed by atoms with Gasteiger partial charge in [0.1, 0.15) is 0 Å². The van der Waals surface area contributed by atoms with Gasteiger partial charge in [-0.2, -0.15) is 5.10 Å². The molecule has 3 atom stereocenters. The third-order valence-electron chi connectivity index (χ3n) is 3.69. The molecule has 1 aromatic rings. The van der Waals surface area contributed by atoms with Crippen molar-refractivity contribution < 1.29 is 9.00 Å². The van der Waals surface area contributed by atoms with Gasteiger partial charge in [0.25, 0.3) is 0 Å². The maximum atomic E-state index is 12.4. The van der Waals surface area contributed by atoms with Gasteiger partial charge in [0.15, 0.2) is 0 Å². The highest BCUT2D eigenvalue weighted by molar-refractivity contribution is 7.86. The molecule has 1 N–H and O–H groups in total. The molecule has 0 aliphatic heterocycles. The van der Waals surface area contributed by atoms with Crippen LogP contribution in [0.5, 0.6) is 0 Å². The van der Waals surface area contributed by atoms with Gasteiger partial charge >= 0.3 is 0 Å². The van der Waals surface area contributed by atoms with E-state index in [2.05, 4.69) is 10.4 Å². The van der Waals surface area contributed by atoms with Crippen LogP contribution in [0, 0.1) is 0 Å². The molecule has 5 nitrogen and oxygen atoms in total. The van der Waals surface area contributed by atoms with Crippen molar-refractivity contribution >= 4 is 16.7 Å². The second-order valence-electron chi connectivity index (χ2n) is 5.86. The first-order valence-electron chi connectivity index (χ1n) is 7.59. The first-order valence-corrected chi connectivity index (χ1v) is 8.86. The molecule has 0 spiro atoms. The summed E-state index contributed by atoms with van der Waals surface area (Å²) in [7, 11) is 0.891. The number of aryl methyl sites for hydroxylation is 1. The fraction of sp³-hybridized carbons (Fsp3) is 0.625. The number of hydrogen-bond acceptors (Lipinski definition) is 3. The molecule has 1 aromatic heterocycles. The Morgan fingerprint density at radius 2 is 2.05 bits per heavy atom. The maximum Gasteiger partial charge on any atom is 0.247 e. The molecule has 6 heteroatoms. The lowest BCUT2D eigenvalue weighted by Gasteiger charge is -2.23. The molecular formula is C16H27N3O2S. The first kappa shape index (κ1) is 18.6. The number of aromatic nitrogens is 2. The van der Waals surface area contributed by atoms with Gasteiger partial charge in [-0.05, 0) is 26.3 Å². The topological polar surface area (TPSA) is 64.0 Å². The van der Waals surface area contributed by atoms with Crippen molar-refractivity contribution in [3.05, 3.63) is 29.6 Å². The fourth-order valence-corrected chi connectivity index (χ4v) is 3.47. The summed E-state index contributed by atoms with van der Waals surface area (Å²) in [4.78, 5) is 12.4. The smallest absolute Gasteiger partial charge is 0.247 e. The Bertz CT molecular complexity index is 563. The zero-order valence-corrected chi connectivity index (χ0v) is 15.1. The minimum atomic E-state index is -0.960. The van der Waals surface area contributed by atoms with Gasteiger partial charge in [0.05, 0.1) is 11.4 Å². The number of hydrogen-bond donors (Lipinski definition) is 1. The molecule has 0 saturated heterocycles. The number of carbonyl (C=O) groups excluding carboxylic acids is 1. The van der Waals surface area contributed by atoms with E-state index in [0.717, 1.165) is 5.56 Å². The lowest BCUT2D eigenvalue weighted by molar-refractivity contribution is -0.118. The quantitative estimate of drug-likeness (QED) is 0.780. The number of nitrogens with zero attached hydrogens (tertiary/aromatic N) is 2. The van der Waals surface area contributed by atoms with Gasteiger partial charge < -0.3 is 5.32 Å². The third-order valence-corrected chi connectivity index (χ3v) is 5.76. The van der Waals surface area contributed by atoms with Crippen LogP contribution in [-0.4, -0.2) is 36.4 Å². The summed E-state index contributed by atoms with van der Waals surface area (Å²) in [5.41, 5.74) is 1.69. The summed E-state index contributed by atoms with van der Waals surface area (Å²) in [6.07, 6.45) is 6.02. The highest BCUT2D eigenvalue weighted by atomic mass is 32.2. The summed E-state index contributed by atoms with van der Waals surface area (Å²) in [5, 5.41) is 7.08. The zero-order valence-electron chi connectivity index (χ0n) is 14.3. The Hall–Kier alpha value is -1.43. The van der Waals surface area contributed by atoms with Crippen LogP contribution in [0.3, 0.4) is 0 Å². The van der Waals surface area contributed by atoms with Crippen LogP contribution in [0.2, 0.25) is 0 Å². The van der Waals surface area contributed by atoms with E-state index in [9.17, 15) is 9.00 Å². The van der Waals surface area contributed by atoms with Crippen molar-refractivity contribution in [3.63, 3.8) is 0 Å². The molecule has 0 bridgehead atoms. The SMILES string of the molecule is C/C=C(/Cc1cnn(C)c1)C(=O)NC(C)C(C)S(=O)C(C)C. The van der Waals surface area contributed by atoms with Crippen LogP contribution in [0.1, 0.15) is 40.2 Å². The van der Waals surface area contributed by atoms with Crippen LogP contribution in [0.25, 0.3) is 0 Å². The lowest BCUT2D eigenvalue weighted by atomic mass is 10.1. The van der Waals surface area contributed by atoms with E-state index in [1.807, 2.05) is 53.9 Å². The second kappa shape index (κ2) is 8.27. The summed E-state index contributed by atoms with van der Waals surface area (Å²) in [6.45, 7) is 9.53. The van der Waals surface area contributed by atoms with E-state index in [1.54, 1.807) is 10.9 Å². The number of amides is 1. The van der Waals surface area contributed by atoms with Gasteiger partial charge in [-0.1, -0.05) is 19.9 Å². The van der Waals surface area contributed by atoms with Gasteiger partial charge in [-0.25, -0.2) is 0 Å². The number of carbonyl (C=O) groups is 1. The molecule has 22 heavy (non-hydrogen) atoms. The molecule has 0 aliphatic rings. The third kappa shape index (κ3) is 5.09. The van der Waals surface area contributed by atoms with Crippen LogP contribution in [-0.2, 0) is 29.1 Å². The Morgan fingerprint density at radius 1 is 1.41 bits per heavy atom. The molecule has 0 aromatic carbocycles. The van der Waals surface area contributed by atoms with E-state index in [-0.39, 0.29) is 22.4 Å². The van der Waals surface area contributed by atoms with Crippen LogP contribution in [0.4, 0.5) is 0 Å². The van der Waals surface area contributed by atoms with Gasteiger partial charge in [0.2, 0.25) is 5.91 Å². The summed E-state index contributed by atoms with van der Waals surface area (Å²) < 4.78 is 13.9. The predicted molar refractivity (Wildman–Crippen MR) is 91.0 cm³/mol. The number of allylic oxidation sites excluding steroid dienone is 1. The van der Waals surface area contributed by atoms with Crippen molar-refractivity contribution in [3.8, 4) is 0 Å². The highest BCUT2D eigenvalue weighted by Gasteiger charge is 2.23. The summed E-state index contributed by atoms with van der Waals surface area (Å²) in [6, 6.07) is -0.139. The molecule has 0 saturated carbocycles.